The van der Waals surface area contributed by atoms with Crippen molar-refractivity contribution in [2.45, 2.75) is 19.4 Å². The highest BCUT2D eigenvalue weighted by Gasteiger charge is 2.19. The molecule has 3 aromatic carbocycles. The summed E-state index contributed by atoms with van der Waals surface area (Å²) in [5, 5.41) is 56.2. The molecule has 8 N–H and O–H groups in total. The van der Waals surface area contributed by atoms with Crippen LogP contribution in [-0.4, -0.2) is 55.9 Å². The fourth-order valence-electron chi connectivity index (χ4n) is 3.66. The molecule has 0 bridgehead atoms. The van der Waals surface area contributed by atoms with E-state index in [9.17, 15) is 39.9 Å². The summed E-state index contributed by atoms with van der Waals surface area (Å²) in [7, 11) is 0. The van der Waals surface area contributed by atoms with Gasteiger partial charge in [0.15, 0.2) is 11.5 Å². The molecule has 0 radical (unpaired) electrons. The Hall–Kier alpha value is -5.45. The molecule has 1 atom stereocenters. The first-order valence-corrected chi connectivity index (χ1v) is 12.1. The summed E-state index contributed by atoms with van der Waals surface area (Å²) >= 11 is 0. The van der Waals surface area contributed by atoms with Gasteiger partial charge < -0.3 is 41.5 Å². The van der Waals surface area contributed by atoms with Crippen LogP contribution >= 0.6 is 0 Å². The maximum Gasteiger partial charge on any atom is 0.351 e. The van der Waals surface area contributed by atoms with E-state index in [1.54, 1.807) is 24.3 Å². The van der Waals surface area contributed by atoms with Gasteiger partial charge in [-0.15, -0.1) is 0 Å². The first kappa shape index (κ1) is 29.1. The Bertz CT molecular complexity index is 1430. The number of hydrogen-bond acceptors (Lipinski definition) is 8. The molecular weight excluding hydrogens is 518 g/mol. The van der Waals surface area contributed by atoms with Gasteiger partial charge in [-0.1, -0.05) is 30.3 Å². The van der Waals surface area contributed by atoms with E-state index in [0.29, 0.717) is 11.1 Å². The molecule has 11 nitrogen and oxygen atoms in total. The van der Waals surface area contributed by atoms with Crippen LogP contribution in [0.3, 0.4) is 0 Å². The number of hydrogen-bond donors (Lipinski definition) is 8. The molecule has 0 aliphatic carbocycles. The molecule has 0 unspecified atom stereocenters. The topological polar surface area (TPSA) is 188 Å². The molecule has 0 aromatic heterocycles. The second-order valence-corrected chi connectivity index (χ2v) is 8.86. The summed E-state index contributed by atoms with van der Waals surface area (Å²) in [6.07, 6.45) is 2.92. The highest BCUT2D eigenvalue weighted by atomic mass is 16.4. The van der Waals surface area contributed by atoms with Gasteiger partial charge in [0.1, 0.15) is 22.9 Å². The van der Waals surface area contributed by atoms with Crippen molar-refractivity contribution in [2.75, 3.05) is 6.54 Å². The second-order valence-electron chi connectivity index (χ2n) is 8.86. The van der Waals surface area contributed by atoms with Crippen molar-refractivity contribution in [3.05, 3.63) is 94.8 Å². The van der Waals surface area contributed by atoms with Gasteiger partial charge in [0.25, 0.3) is 5.91 Å². The average molecular weight is 548 g/mol. The minimum atomic E-state index is -1.30. The van der Waals surface area contributed by atoms with Crippen LogP contribution in [0.4, 0.5) is 0 Å². The van der Waals surface area contributed by atoms with Crippen molar-refractivity contribution in [2.24, 2.45) is 0 Å². The first-order chi connectivity index (χ1) is 19.0. The lowest BCUT2D eigenvalue weighted by Crippen LogP contribution is -2.46. The maximum atomic E-state index is 13.3. The Morgan fingerprint density at radius 3 is 1.93 bits per heavy atom. The number of aliphatic carboxylic acids is 1. The molecule has 3 aromatic rings. The molecular formula is C29H29N3O8. The summed E-state index contributed by atoms with van der Waals surface area (Å²) in [6, 6.07) is 15.4. The van der Waals surface area contributed by atoms with Crippen molar-refractivity contribution in [3.63, 3.8) is 0 Å². The molecule has 0 fully saturated rings. The van der Waals surface area contributed by atoms with Crippen molar-refractivity contribution in [1.29, 1.82) is 0 Å². The van der Waals surface area contributed by atoms with E-state index in [-0.39, 0.29) is 41.6 Å². The normalized spacial score (nSPS) is 12.3. The molecule has 3 rings (SSSR count). The summed E-state index contributed by atoms with van der Waals surface area (Å²) in [4.78, 5) is 37.0. The standard InChI is InChI=1S/C29H29N3O8/c1-17(33)31-24(13-19-4-9-23(35)10-5-19)28(38)32-21(12-18-2-7-22(34)8-3-18)16-30-25(29(39)40)14-20-6-11-26(36)27(37)15-20/h2-11,13-15,21,30,34-37H,12,16H2,1H3,(H,31,33)(H,32,38)(H,39,40)/t21-/m0/s1. The van der Waals surface area contributed by atoms with Crippen molar-refractivity contribution >= 4 is 29.9 Å². The summed E-state index contributed by atoms with van der Waals surface area (Å²) < 4.78 is 0. The van der Waals surface area contributed by atoms with Crippen molar-refractivity contribution in [1.82, 2.24) is 16.0 Å². The van der Waals surface area contributed by atoms with E-state index < -0.39 is 29.6 Å². The van der Waals surface area contributed by atoms with Crippen LogP contribution < -0.4 is 16.0 Å². The van der Waals surface area contributed by atoms with Crippen LogP contribution in [0.15, 0.2) is 78.1 Å². The number of benzene rings is 3. The molecule has 208 valence electrons. The van der Waals surface area contributed by atoms with E-state index in [4.69, 9.17) is 0 Å². The highest BCUT2D eigenvalue weighted by molar-refractivity contribution is 6.01. The molecule has 40 heavy (non-hydrogen) atoms. The number of nitrogens with one attached hydrogen (secondary N) is 3. The fourth-order valence-corrected chi connectivity index (χ4v) is 3.66. The van der Waals surface area contributed by atoms with Gasteiger partial charge in [0, 0.05) is 13.5 Å². The zero-order valence-electron chi connectivity index (χ0n) is 21.5. The van der Waals surface area contributed by atoms with Gasteiger partial charge in [-0.05, 0) is 71.7 Å². The molecule has 0 saturated heterocycles. The second kappa shape index (κ2) is 13.4. The lowest BCUT2D eigenvalue weighted by molar-refractivity contribution is -0.133. The molecule has 0 aliphatic rings. The molecule has 11 heteroatoms. The van der Waals surface area contributed by atoms with Crippen LogP contribution in [0.5, 0.6) is 23.0 Å². The van der Waals surface area contributed by atoms with Gasteiger partial charge in [-0.2, -0.15) is 0 Å². The molecule has 0 spiro atoms. The number of amides is 2. The predicted octanol–water partition coefficient (Wildman–Crippen LogP) is 2.43. The number of rotatable bonds is 11. The summed E-state index contributed by atoms with van der Waals surface area (Å²) in [6.45, 7) is 1.19. The van der Waals surface area contributed by atoms with Crippen molar-refractivity contribution < 1.29 is 39.9 Å². The molecule has 0 heterocycles. The maximum absolute atomic E-state index is 13.3. The van der Waals surface area contributed by atoms with Crippen molar-refractivity contribution in [3.8, 4) is 23.0 Å². The number of phenolic OH excluding ortho intramolecular Hbond substituents is 4. The van der Waals surface area contributed by atoms with Crippen LogP contribution in [0.25, 0.3) is 12.2 Å². The monoisotopic (exact) mass is 547 g/mol. The number of phenols is 4. The van der Waals surface area contributed by atoms with Gasteiger partial charge in [-0.25, -0.2) is 4.79 Å². The number of carbonyl (C=O) groups excluding carboxylic acids is 2. The zero-order valence-corrected chi connectivity index (χ0v) is 21.5. The Morgan fingerprint density at radius 2 is 1.35 bits per heavy atom. The predicted molar refractivity (Wildman–Crippen MR) is 147 cm³/mol. The van der Waals surface area contributed by atoms with E-state index in [1.807, 2.05) is 0 Å². The Labute approximate surface area is 229 Å². The zero-order chi connectivity index (χ0) is 29.2. The Kier molecular flexibility index (Phi) is 9.73. The summed E-state index contributed by atoms with van der Waals surface area (Å²) in [5.74, 6) is -3.10. The van der Waals surface area contributed by atoms with Crippen LogP contribution in [0.2, 0.25) is 0 Å². The van der Waals surface area contributed by atoms with E-state index in [0.717, 1.165) is 5.56 Å². The van der Waals surface area contributed by atoms with E-state index >= 15 is 0 Å². The number of carbonyl (C=O) groups is 3. The third-order valence-electron chi connectivity index (χ3n) is 5.59. The first-order valence-electron chi connectivity index (χ1n) is 12.1. The van der Waals surface area contributed by atoms with E-state index in [1.165, 1.54) is 61.5 Å². The SMILES string of the molecule is CC(=O)NC(=Cc1ccc(O)cc1)C(=O)N[C@H](CNC(=Cc1ccc(O)c(O)c1)C(=O)O)Cc1ccc(O)cc1. The quantitative estimate of drug-likeness (QED) is 0.132. The minimum absolute atomic E-state index is 0.0347. The Balaban J connectivity index is 1.86. The highest BCUT2D eigenvalue weighted by Crippen LogP contribution is 2.25. The lowest BCUT2D eigenvalue weighted by atomic mass is 10.0. The van der Waals surface area contributed by atoms with Gasteiger partial charge >= 0.3 is 5.97 Å². The molecule has 0 saturated carbocycles. The van der Waals surface area contributed by atoms with Gasteiger partial charge in [-0.3, -0.25) is 9.59 Å². The van der Waals surface area contributed by atoms with E-state index in [2.05, 4.69) is 16.0 Å². The largest absolute Gasteiger partial charge is 0.508 e. The average Bonchev–Trinajstić information content (AvgIpc) is 2.90. The number of carboxylic acids is 1. The summed E-state index contributed by atoms with van der Waals surface area (Å²) in [5.41, 5.74) is 1.28. The van der Waals surface area contributed by atoms with Crippen LogP contribution in [0, 0.1) is 0 Å². The van der Waals surface area contributed by atoms with Crippen LogP contribution in [-0.2, 0) is 20.8 Å². The molecule has 2 amide bonds. The Morgan fingerprint density at radius 1 is 0.775 bits per heavy atom. The van der Waals surface area contributed by atoms with Crippen LogP contribution in [0.1, 0.15) is 23.6 Å². The van der Waals surface area contributed by atoms with Gasteiger partial charge in [0.2, 0.25) is 5.91 Å². The minimum Gasteiger partial charge on any atom is -0.508 e. The number of aromatic hydroxyl groups is 4. The third-order valence-corrected chi connectivity index (χ3v) is 5.59. The molecule has 0 aliphatic heterocycles. The number of carboxylic acid groups (broad SMARTS) is 1. The third kappa shape index (κ3) is 8.84. The van der Waals surface area contributed by atoms with Gasteiger partial charge in [0.05, 0.1) is 6.04 Å². The fraction of sp³-hybridized carbons (Fsp3) is 0.138. The lowest BCUT2D eigenvalue weighted by Gasteiger charge is -2.21. The smallest absolute Gasteiger partial charge is 0.351 e.